The van der Waals surface area contributed by atoms with Crippen LogP contribution in [0.5, 0.6) is 5.75 Å². The Morgan fingerprint density at radius 1 is 1.35 bits per heavy atom. The molecule has 0 saturated carbocycles. The summed E-state index contributed by atoms with van der Waals surface area (Å²) in [4.78, 5) is 15.4. The van der Waals surface area contributed by atoms with Crippen molar-refractivity contribution >= 4 is 21.8 Å². The van der Waals surface area contributed by atoms with Gasteiger partial charge in [-0.25, -0.2) is 0 Å². The molecule has 1 aromatic carbocycles. The molecule has 1 N–H and O–H groups in total. The van der Waals surface area contributed by atoms with E-state index < -0.39 is 6.61 Å². The molecular weight excluding hydrogens is 324 g/mol. The van der Waals surface area contributed by atoms with E-state index in [-0.39, 0.29) is 5.91 Å². The van der Waals surface area contributed by atoms with Crippen LogP contribution >= 0.6 is 15.9 Å². The average Bonchev–Trinajstić information content (AvgIpc) is 2.47. The Balaban J connectivity index is 1.96. The lowest BCUT2D eigenvalue weighted by atomic mass is 10.1. The Bertz CT molecular complexity index is 473. The van der Waals surface area contributed by atoms with Crippen molar-refractivity contribution in [1.29, 1.82) is 0 Å². The minimum atomic E-state index is -0.403. The number of rotatable bonds is 4. The Morgan fingerprint density at radius 2 is 2.05 bits per heavy atom. The minimum absolute atomic E-state index is 0.190. The van der Waals surface area contributed by atoms with Gasteiger partial charge in [0.2, 0.25) is 5.91 Å². The van der Waals surface area contributed by atoms with Crippen molar-refractivity contribution in [2.75, 3.05) is 39.9 Å². The Hall–Kier alpha value is -1.11. The minimum Gasteiger partial charge on any atom is -0.496 e. The molecule has 0 atom stereocenters. The second kappa shape index (κ2) is 7.06. The Labute approximate surface area is 127 Å². The van der Waals surface area contributed by atoms with Gasteiger partial charge in [-0.15, -0.1) is 0 Å². The number of ether oxygens (including phenoxy) is 1. The number of hydrogen-bond donors (Lipinski definition) is 1. The lowest BCUT2D eigenvalue weighted by molar-refractivity contribution is -0.136. The van der Waals surface area contributed by atoms with E-state index in [0.717, 1.165) is 35.4 Å². The number of amides is 1. The van der Waals surface area contributed by atoms with Crippen molar-refractivity contribution in [2.24, 2.45) is 0 Å². The SMILES string of the molecule is COc1ccc(Br)cc1CN1CCN(C(=O)CO)CC1. The number of nitrogens with zero attached hydrogens (tertiary/aromatic N) is 2. The van der Waals surface area contributed by atoms with Crippen LogP contribution in [-0.4, -0.2) is 60.7 Å². The molecule has 0 unspecified atom stereocenters. The largest absolute Gasteiger partial charge is 0.496 e. The third kappa shape index (κ3) is 3.71. The topological polar surface area (TPSA) is 53.0 Å². The maximum Gasteiger partial charge on any atom is 0.248 e. The maximum absolute atomic E-state index is 11.4. The molecular formula is C14H19BrN2O3. The van der Waals surface area contributed by atoms with Crippen molar-refractivity contribution in [3.63, 3.8) is 0 Å². The maximum atomic E-state index is 11.4. The van der Waals surface area contributed by atoms with Gasteiger partial charge < -0.3 is 14.7 Å². The Morgan fingerprint density at radius 3 is 2.65 bits per heavy atom. The van der Waals surface area contributed by atoms with E-state index in [0.29, 0.717) is 13.1 Å². The van der Waals surface area contributed by atoms with E-state index >= 15 is 0 Å². The van der Waals surface area contributed by atoms with Gasteiger partial charge in [-0.05, 0) is 18.2 Å². The molecule has 1 fully saturated rings. The van der Waals surface area contributed by atoms with Gasteiger partial charge in [0.15, 0.2) is 0 Å². The first-order chi connectivity index (χ1) is 9.63. The van der Waals surface area contributed by atoms with Gasteiger partial charge in [0.25, 0.3) is 0 Å². The fourth-order valence-electron chi connectivity index (χ4n) is 2.37. The smallest absolute Gasteiger partial charge is 0.248 e. The summed E-state index contributed by atoms with van der Waals surface area (Å²) in [6, 6.07) is 5.97. The normalized spacial score (nSPS) is 16.2. The number of methoxy groups -OCH3 is 1. The molecule has 0 spiro atoms. The van der Waals surface area contributed by atoms with Gasteiger partial charge in [-0.2, -0.15) is 0 Å². The molecule has 0 bridgehead atoms. The van der Waals surface area contributed by atoms with Crippen LogP contribution in [0.15, 0.2) is 22.7 Å². The third-order valence-corrected chi connectivity index (χ3v) is 3.99. The van der Waals surface area contributed by atoms with Crippen LogP contribution in [-0.2, 0) is 11.3 Å². The number of aliphatic hydroxyl groups excluding tert-OH is 1. The van der Waals surface area contributed by atoms with Gasteiger partial charge in [-0.3, -0.25) is 9.69 Å². The van der Waals surface area contributed by atoms with Gasteiger partial charge >= 0.3 is 0 Å². The van der Waals surface area contributed by atoms with Crippen LogP contribution in [0.25, 0.3) is 0 Å². The van der Waals surface area contributed by atoms with Crippen LogP contribution in [0.4, 0.5) is 0 Å². The van der Waals surface area contributed by atoms with Crippen LogP contribution in [0.1, 0.15) is 5.56 Å². The number of carbonyl (C=O) groups excluding carboxylic acids is 1. The predicted molar refractivity (Wildman–Crippen MR) is 79.6 cm³/mol. The van der Waals surface area contributed by atoms with Gasteiger partial charge in [0, 0.05) is 42.8 Å². The molecule has 0 radical (unpaired) electrons. The van der Waals surface area contributed by atoms with E-state index in [1.807, 2.05) is 12.1 Å². The fraction of sp³-hybridized carbons (Fsp3) is 0.500. The molecule has 6 heteroatoms. The molecule has 20 heavy (non-hydrogen) atoms. The molecule has 2 rings (SSSR count). The molecule has 1 amide bonds. The van der Waals surface area contributed by atoms with E-state index in [1.165, 1.54) is 0 Å². The second-order valence-electron chi connectivity index (χ2n) is 4.77. The van der Waals surface area contributed by atoms with Gasteiger partial charge in [0.1, 0.15) is 12.4 Å². The lowest BCUT2D eigenvalue weighted by Gasteiger charge is -2.34. The zero-order valence-electron chi connectivity index (χ0n) is 11.5. The zero-order valence-corrected chi connectivity index (χ0v) is 13.1. The van der Waals surface area contributed by atoms with Crippen LogP contribution < -0.4 is 4.74 Å². The van der Waals surface area contributed by atoms with E-state index in [1.54, 1.807) is 12.0 Å². The molecule has 0 aliphatic carbocycles. The van der Waals surface area contributed by atoms with E-state index in [2.05, 4.69) is 26.9 Å². The summed E-state index contributed by atoms with van der Waals surface area (Å²) in [7, 11) is 1.67. The Kier molecular flexibility index (Phi) is 5.39. The molecule has 110 valence electrons. The summed E-state index contributed by atoms with van der Waals surface area (Å²) >= 11 is 3.47. The molecule has 5 nitrogen and oxygen atoms in total. The number of carbonyl (C=O) groups is 1. The van der Waals surface area contributed by atoms with E-state index in [4.69, 9.17) is 9.84 Å². The molecule has 0 aromatic heterocycles. The van der Waals surface area contributed by atoms with Crippen molar-refractivity contribution < 1.29 is 14.6 Å². The summed E-state index contributed by atoms with van der Waals surface area (Å²) < 4.78 is 6.40. The monoisotopic (exact) mass is 342 g/mol. The standard InChI is InChI=1S/C14H19BrN2O3/c1-20-13-3-2-12(15)8-11(13)9-16-4-6-17(7-5-16)14(19)10-18/h2-3,8,18H,4-7,9-10H2,1H3. The first-order valence-electron chi connectivity index (χ1n) is 6.57. The summed E-state index contributed by atoms with van der Waals surface area (Å²) in [6.07, 6.45) is 0. The number of halogens is 1. The molecule has 1 aliphatic rings. The van der Waals surface area contributed by atoms with Crippen LogP contribution in [0.3, 0.4) is 0 Å². The van der Waals surface area contributed by atoms with E-state index in [9.17, 15) is 4.79 Å². The van der Waals surface area contributed by atoms with Crippen molar-refractivity contribution in [3.05, 3.63) is 28.2 Å². The quantitative estimate of drug-likeness (QED) is 0.890. The molecule has 1 aromatic rings. The molecule has 1 saturated heterocycles. The summed E-state index contributed by atoms with van der Waals surface area (Å²) in [5.74, 6) is 0.687. The summed E-state index contributed by atoms with van der Waals surface area (Å²) in [5, 5.41) is 8.86. The number of piperazine rings is 1. The number of hydrogen-bond acceptors (Lipinski definition) is 4. The first-order valence-corrected chi connectivity index (χ1v) is 7.36. The van der Waals surface area contributed by atoms with Crippen molar-refractivity contribution in [2.45, 2.75) is 6.54 Å². The van der Waals surface area contributed by atoms with Gasteiger partial charge in [0.05, 0.1) is 7.11 Å². The highest BCUT2D eigenvalue weighted by Crippen LogP contribution is 2.24. The predicted octanol–water partition coefficient (Wildman–Crippen LogP) is 1.09. The average molecular weight is 343 g/mol. The number of aliphatic hydroxyl groups is 1. The van der Waals surface area contributed by atoms with Crippen molar-refractivity contribution in [3.8, 4) is 5.75 Å². The van der Waals surface area contributed by atoms with Gasteiger partial charge in [-0.1, -0.05) is 15.9 Å². The zero-order chi connectivity index (χ0) is 14.5. The lowest BCUT2D eigenvalue weighted by Crippen LogP contribution is -2.49. The highest BCUT2D eigenvalue weighted by molar-refractivity contribution is 9.10. The molecule has 1 heterocycles. The third-order valence-electron chi connectivity index (χ3n) is 3.50. The highest BCUT2D eigenvalue weighted by atomic mass is 79.9. The second-order valence-corrected chi connectivity index (χ2v) is 5.69. The summed E-state index contributed by atoms with van der Waals surface area (Å²) in [6.45, 7) is 3.33. The molecule has 1 aliphatic heterocycles. The highest BCUT2D eigenvalue weighted by Gasteiger charge is 2.21. The van der Waals surface area contributed by atoms with Crippen LogP contribution in [0, 0.1) is 0 Å². The van der Waals surface area contributed by atoms with Crippen molar-refractivity contribution in [1.82, 2.24) is 9.80 Å². The van der Waals surface area contributed by atoms with Crippen LogP contribution in [0.2, 0.25) is 0 Å². The number of benzene rings is 1. The first kappa shape index (κ1) is 15.3. The fourth-order valence-corrected chi connectivity index (χ4v) is 2.78. The summed E-state index contributed by atoms with van der Waals surface area (Å²) in [5.41, 5.74) is 1.13.